The molecule has 2 aromatic heterocycles. The van der Waals surface area contributed by atoms with Gasteiger partial charge in [-0.15, -0.1) is 0 Å². The van der Waals surface area contributed by atoms with Crippen LogP contribution in [0.25, 0.3) is 11.2 Å². The third kappa shape index (κ3) is 2.90. The van der Waals surface area contributed by atoms with Crippen molar-refractivity contribution in [2.75, 3.05) is 32.2 Å². The molecule has 11 nitrogen and oxygen atoms in total. The molecule has 0 amide bonds. The zero-order valence-corrected chi connectivity index (χ0v) is 15.2. The smallest absolute Gasteiger partial charge is 0.325 e. The predicted molar refractivity (Wildman–Crippen MR) is 89.4 cm³/mol. The van der Waals surface area contributed by atoms with Gasteiger partial charge in [0.1, 0.15) is 23.3 Å². The normalized spacial score (nSPS) is 33.0. The summed E-state index contributed by atoms with van der Waals surface area (Å²) in [5.74, 6) is 0.105. The molecule has 5 atom stereocenters. The lowest BCUT2D eigenvalue weighted by molar-refractivity contribution is -0.190. The number of hydrogen-bond donors (Lipinski definition) is 2. The fourth-order valence-corrected chi connectivity index (χ4v) is 4.12. The topological polar surface area (TPSA) is 144 Å². The van der Waals surface area contributed by atoms with Crippen LogP contribution in [0.3, 0.4) is 0 Å². The van der Waals surface area contributed by atoms with Crippen molar-refractivity contribution in [2.24, 2.45) is 0 Å². The van der Waals surface area contributed by atoms with Crippen molar-refractivity contribution in [3.05, 3.63) is 12.5 Å². The van der Waals surface area contributed by atoms with E-state index in [2.05, 4.69) is 15.0 Å². The summed E-state index contributed by atoms with van der Waals surface area (Å²) >= 11 is 0. The van der Waals surface area contributed by atoms with Crippen molar-refractivity contribution in [1.29, 1.82) is 0 Å². The highest BCUT2D eigenvalue weighted by molar-refractivity contribution is 7.51. The molecule has 3 unspecified atom stereocenters. The van der Waals surface area contributed by atoms with Gasteiger partial charge < -0.3 is 24.8 Å². The summed E-state index contributed by atoms with van der Waals surface area (Å²) in [5.41, 5.74) is 5.71. The Bertz CT molecular complexity index is 871. The van der Waals surface area contributed by atoms with Gasteiger partial charge in [0.2, 0.25) is 5.95 Å². The minimum absolute atomic E-state index is 0.105. The van der Waals surface area contributed by atoms with Crippen LogP contribution in [0.4, 0.5) is 5.95 Å². The number of aromatic nitrogens is 4. The first-order chi connectivity index (χ1) is 12.3. The first kappa shape index (κ1) is 17.8. The van der Waals surface area contributed by atoms with Crippen LogP contribution < -0.4 is 5.73 Å². The van der Waals surface area contributed by atoms with Crippen LogP contribution in [0, 0.1) is 0 Å². The molecule has 3 N–H and O–H groups in total. The van der Waals surface area contributed by atoms with Crippen LogP contribution in [0.2, 0.25) is 0 Å². The number of nitrogen functional groups attached to an aromatic ring is 1. The van der Waals surface area contributed by atoms with Gasteiger partial charge in [-0.25, -0.2) is 9.97 Å². The van der Waals surface area contributed by atoms with E-state index in [0.29, 0.717) is 17.8 Å². The van der Waals surface area contributed by atoms with E-state index in [4.69, 9.17) is 24.5 Å². The van der Waals surface area contributed by atoms with E-state index in [1.54, 1.807) is 10.9 Å². The maximum absolute atomic E-state index is 11.9. The number of imidazole rings is 1. The quantitative estimate of drug-likeness (QED) is 0.667. The summed E-state index contributed by atoms with van der Waals surface area (Å²) in [7, 11) is -3.77. The van der Waals surface area contributed by atoms with E-state index in [1.807, 2.05) is 6.92 Å². The summed E-state index contributed by atoms with van der Waals surface area (Å²) in [6.07, 6.45) is 1.02. The van der Waals surface area contributed by atoms with E-state index < -0.39 is 31.6 Å². The average molecular weight is 385 g/mol. The maximum Gasteiger partial charge on any atom is 0.325 e. The van der Waals surface area contributed by atoms with Gasteiger partial charge in [0.25, 0.3) is 0 Å². The third-order valence-corrected chi connectivity index (χ3v) is 5.06. The lowest BCUT2D eigenvalue weighted by Gasteiger charge is -2.31. The maximum atomic E-state index is 11.9. The number of hydrogen-bond acceptors (Lipinski definition) is 9. The molecule has 26 heavy (non-hydrogen) atoms. The van der Waals surface area contributed by atoms with Crippen molar-refractivity contribution in [2.45, 2.75) is 31.0 Å². The Labute approximate surface area is 149 Å². The molecule has 0 aliphatic carbocycles. The van der Waals surface area contributed by atoms with E-state index in [9.17, 15) is 9.46 Å². The molecule has 0 aromatic carbocycles. The highest BCUT2D eigenvalue weighted by Gasteiger charge is 2.64. The molecule has 2 fully saturated rings. The number of ether oxygens (including phenoxy) is 3. The fraction of sp³-hybridized carbons (Fsp3) is 0.643. The van der Waals surface area contributed by atoms with Gasteiger partial charge in [0.05, 0.1) is 25.7 Å². The number of rotatable bonds is 6. The van der Waals surface area contributed by atoms with Crippen molar-refractivity contribution in [3.8, 4) is 0 Å². The van der Waals surface area contributed by atoms with E-state index in [-0.39, 0.29) is 19.2 Å². The zero-order chi connectivity index (χ0) is 18.5. The number of nitrogens with two attached hydrogens (primary N) is 1. The highest BCUT2D eigenvalue weighted by atomic mass is 31.2. The molecule has 2 aliphatic heterocycles. The Kier molecular flexibility index (Phi) is 4.25. The van der Waals surface area contributed by atoms with Gasteiger partial charge in [0, 0.05) is 13.3 Å². The third-order valence-electron chi connectivity index (χ3n) is 4.44. The lowest BCUT2D eigenvalue weighted by Crippen LogP contribution is -2.45. The molecular weight excluding hydrogens is 365 g/mol. The Morgan fingerprint density at radius 1 is 1.54 bits per heavy atom. The van der Waals surface area contributed by atoms with Crippen molar-refractivity contribution < 1.29 is 28.2 Å². The first-order valence-corrected chi connectivity index (χ1v) is 10.2. The molecule has 2 bridgehead atoms. The Balaban J connectivity index is 1.72. The van der Waals surface area contributed by atoms with Crippen molar-refractivity contribution >= 4 is 24.7 Å². The second kappa shape index (κ2) is 6.22. The Morgan fingerprint density at radius 3 is 3.08 bits per heavy atom. The molecule has 0 radical (unpaired) electrons. The molecule has 4 rings (SSSR count). The van der Waals surface area contributed by atoms with Crippen LogP contribution >= 0.6 is 7.60 Å². The predicted octanol–water partition coefficient (Wildman–Crippen LogP) is 0.312. The van der Waals surface area contributed by atoms with Gasteiger partial charge in [-0.05, 0) is 6.92 Å². The van der Waals surface area contributed by atoms with Crippen LogP contribution in [0.5, 0.6) is 0 Å². The van der Waals surface area contributed by atoms with Gasteiger partial charge in [0.15, 0.2) is 11.9 Å². The van der Waals surface area contributed by atoms with E-state index in [1.165, 1.54) is 6.20 Å². The summed E-state index contributed by atoms with van der Waals surface area (Å²) in [6, 6.07) is 0. The second-order valence-corrected chi connectivity index (χ2v) is 8.22. The summed E-state index contributed by atoms with van der Waals surface area (Å²) in [5, 5.41) is 0. The van der Waals surface area contributed by atoms with Crippen LogP contribution in [-0.4, -0.2) is 68.7 Å². The standard InChI is InChI=1S/C14H20N5O6P/c1-3-22-5-14-6-23-9(10(14)25-26(2,20)21)12(24-14)19-7-17-8-4-16-13(15)18-11(8)19/h4,7,9-10,12H,3,5-6H2,1-2H3,(H,20,21)(H2,15,16,18)/t9?,10?,12-,14+/m1/s1. The molecule has 12 heteroatoms. The SMILES string of the molecule is CCOC[C@]12COC(C1OP(C)(=O)O)[C@H](n1cnc3cnc(N)nc31)O2. The van der Waals surface area contributed by atoms with Gasteiger partial charge >= 0.3 is 7.60 Å². The number of fused-ring (bicyclic) bond motifs is 3. The number of nitrogens with zero attached hydrogens (tertiary/aromatic N) is 4. The molecule has 2 aromatic rings. The van der Waals surface area contributed by atoms with E-state index >= 15 is 0 Å². The molecule has 2 aliphatic rings. The second-order valence-electron chi connectivity index (χ2n) is 6.40. The molecule has 0 saturated carbocycles. The Hall–Kier alpha value is -1.62. The van der Waals surface area contributed by atoms with E-state index in [0.717, 1.165) is 6.66 Å². The van der Waals surface area contributed by atoms with Crippen molar-refractivity contribution in [1.82, 2.24) is 19.5 Å². The monoisotopic (exact) mass is 385 g/mol. The minimum atomic E-state index is -3.77. The zero-order valence-electron chi connectivity index (χ0n) is 14.3. The fourth-order valence-electron chi connectivity index (χ4n) is 3.39. The first-order valence-electron chi connectivity index (χ1n) is 8.14. The molecule has 2 saturated heterocycles. The Morgan fingerprint density at radius 2 is 2.35 bits per heavy atom. The van der Waals surface area contributed by atoms with Gasteiger partial charge in [-0.3, -0.25) is 13.7 Å². The summed E-state index contributed by atoms with van der Waals surface area (Å²) in [4.78, 5) is 22.1. The molecule has 4 heterocycles. The van der Waals surface area contributed by atoms with Gasteiger partial charge in [-0.1, -0.05) is 0 Å². The minimum Gasteiger partial charge on any atom is -0.379 e. The van der Waals surface area contributed by atoms with Crippen LogP contribution in [-0.2, 0) is 23.3 Å². The van der Waals surface area contributed by atoms with Gasteiger partial charge in [-0.2, -0.15) is 4.98 Å². The largest absolute Gasteiger partial charge is 0.379 e. The highest BCUT2D eigenvalue weighted by Crippen LogP contribution is 2.53. The molecular formula is C14H20N5O6P. The van der Waals surface area contributed by atoms with Crippen molar-refractivity contribution in [3.63, 3.8) is 0 Å². The average Bonchev–Trinajstić information content (AvgIpc) is 3.21. The summed E-state index contributed by atoms with van der Waals surface area (Å²) < 4.78 is 36.6. The van der Waals surface area contributed by atoms with Crippen LogP contribution in [0.15, 0.2) is 12.5 Å². The lowest BCUT2D eigenvalue weighted by atomic mass is 10.0. The molecule has 142 valence electrons. The van der Waals surface area contributed by atoms with Crippen LogP contribution in [0.1, 0.15) is 13.2 Å². The number of anilines is 1. The molecule has 0 spiro atoms. The summed E-state index contributed by atoms with van der Waals surface area (Å²) in [6.45, 7) is 3.82.